The van der Waals surface area contributed by atoms with Gasteiger partial charge in [-0.05, 0) is 70.1 Å². The van der Waals surface area contributed by atoms with Crippen molar-refractivity contribution in [3.63, 3.8) is 0 Å². The summed E-state index contributed by atoms with van der Waals surface area (Å²) in [7, 11) is 0. The number of ether oxygens (including phenoxy) is 2. The third kappa shape index (κ3) is 3.40. The predicted molar refractivity (Wildman–Crippen MR) is 111 cm³/mol. The van der Waals surface area contributed by atoms with Crippen molar-refractivity contribution in [3.05, 3.63) is 27.4 Å². The molecule has 1 aromatic rings. The lowest BCUT2D eigenvalue weighted by Gasteiger charge is -2.56. The van der Waals surface area contributed by atoms with Gasteiger partial charge in [0.2, 0.25) is 12.2 Å². The van der Waals surface area contributed by atoms with Gasteiger partial charge in [-0.1, -0.05) is 0 Å². The Bertz CT molecular complexity index is 838. The molecule has 0 aromatic carbocycles. The van der Waals surface area contributed by atoms with Crippen LogP contribution < -0.4 is 5.56 Å². The topological polar surface area (TPSA) is 84.5 Å². The first kappa shape index (κ1) is 20.2. The van der Waals surface area contributed by atoms with E-state index in [1.54, 1.807) is 0 Å². The second-order valence-electron chi connectivity index (χ2n) is 9.79. The van der Waals surface area contributed by atoms with Gasteiger partial charge in [-0.3, -0.25) is 9.59 Å². The molecule has 1 aromatic heterocycles. The minimum atomic E-state index is -0.662. The van der Waals surface area contributed by atoms with E-state index in [0.717, 1.165) is 42.7 Å². The first-order chi connectivity index (χ1) is 14.5. The molecule has 1 aliphatic heterocycles. The highest BCUT2D eigenvalue weighted by atomic mass is 16.7. The van der Waals surface area contributed by atoms with Gasteiger partial charge in [-0.2, -0.15) is 0 Å². The normalized spacial score (nSPS) is 32.0. The molecule has 2 heterocycles. The molecule has 5 aliphatic rings. The molecule has 7 heteroatoms. The van der Waals surface area contributed by atoms with Crippen molar-refractivity contribution in [2.45, 2.75) is 71.6 Å². The van der Waals surface area contributed by atoms with Crippen LogP contribution >= 0.6 is 0 Å². The summed E-state index contributed by atoms with van der Waals surface area (Å²) >= 11 is 0. The number of aromatic amines is 1. The quantitative estimate of drug-likeness (QED) is 0.722. The predicted octanol–water partition coefficient (Wildman–Crippen LogP) is 2.94. The number of fused-ring (bicyclic) bond motifs is 1. The molecule has 4 aliphatic carbocycles. The molecule has 4 bridgehead atoms. The van der Waals surface area contributed by atoms with E-state index in [2.05, 4.69) is 9.97 Å². The van der Waals surface area contributed by atoms with Gasteiger partial charge in [-0.15, -0.1) is 0 Å². The van der Waals surface area contributed by atoms with Gasteiger partial charge in [0, 0.05) is 26.2 Å². The Kier molecular flexibility index (Phi) is 5.22. The minimum Gasteiger partial charge on any atom is -0.346 e. The second-order valence-corrected chi connectivity index (χ2v) is 9.79. The lowest BCUT2D eigenvalue weighted by atomic mass is 9.49. The average Bonchev–Trinajstić information content (AvgIpc) is 2.72. The van der Waals surface area contributed by atoms with Gasteiger partial charge < -0.3 is 19.4 Å². The molecule has 1 N–H and O–H groups in total. The van der Waals surface area contributed by atoms with Crippen LogP contribution in [-0.4, -0.2) is 40.5 Å². The summed E-state index contributed by atoms with van der Waals surface area (Å²) in [6.45, 7) is 5.72. The Hall–Kier alpha value is -1.73. The highest BCUT2D eigenvalue weighted by Crippen LogP contribution is 2.60. The van der Waals surface area contributed by atoms with Crippen LogP contribution in [0.5, 0.6) is 0 Å². The number of carbonyl (C=O) groups excluding carboxylic acids is 1. The van der Waals surface area contributed by atoms with E-state index in [0.29, 0.717) is 44.1 Å². The Morgan fingerprint density at radius 3 is 2.30 bits per heavy atom. The summed E-state index contributed by atoms with van der Waals surface area (Å²) < 4.78 is 11.2. The van der Waals surface area contributed by atoms with E-state index >= 15 is 0 Å². The fourth-order valence-electron chi connectivity index (χ4n) is 6.95. The van der Waals surface area contributed by atoms with Crippen molar-refractivity contribution in [3.8, 4) is 0 Å². The molecule has 4 fully saturated rings. The Morgan fingerprint density at radius 1 is 1.13 bits per heavy atom. The number of H-pyrrole nitrogens is 1. The molecule has 0 saturated heterocycles. The van der Waals surface area contributed by atoms with Crippen molar-refractivity contribution in [1.29, 1.82) is 0 Å². The Morgan fingerprint density at radius 2 is 1.73 bits per heavy atom. The molecule has 164 valence electrons. The van der Waals surface area contributed by atoms with Crippen molar-refractivity contribution in [2.75, 3.05) is 19.8 Å². The molecule has 0 unspecified atom stereocenters. The Balaban J connectivity index is 1.36. The van der Waals surface area contributed by atoms with Crippen molar-refractivity contribution < 1.29 is 14.3 Å². The lowest BCUT2D eigenvalue weighted by Crippen LogP contribution is -2.55. The van der Waals surface area contributed by atoms with Crippen LogP contribution in [0.2, 0.25) is 0 Å². The molecule has 0 radical (unpaired) electrons. The number of hydrogen-bond acceptors (Lipinski definition) is 5. The highest BCUT2D eigenvalue weighted by Gasteiger charge is 2.55. The van der Waals surface area contributed by atoms with Crippen LogP contribution in [0.3, 0.4) is 0 Å². The summed E-state index contributed by atoms with van der Waals surface area (Å²) in [6.07, 6.45) is 7.07. The second kappa shape index (κ2) is 7.75. The third-order valence-electron chi connectivity index (χ3n) is 7.73. The number of nitrogens with one attached hydrogen (secondary N) is 1. The number of nitrogens with zero attached hydrogens (tertiary/aromatic N) is 2. The maximum absolute atomic E-state index is 13.7. The lowest BCUT2D eigenvalue weighted by molar-refractivity contribution is -0.158. The smallest absolute Gasteiger partial charge is 0.256 e. The van der Waals surface area contributed by atoms with Crippen LogP contribution in [0.1, 0.15) is 75.7 Å². The van der Waals surface area contributed by atoms with Crippen LogP contribution in [-0.2, 0) is 27.2 Å². The monoisotopic (exact) mass is 415 g/mol. The molecule has 0 atom stereocenters. The van der Waals surface area contributed by atoms with Crippen molar-refractivity contribution in [1.82, 2.24) is 14.9 Å². The zero-order valence-electron chi connectivity index (χ0n) is 18.1. The number of aromatic nitrogens is 2. The summed E-state index contributed by atoms with van der Waals surface area (Å²) in [5.74, 6) is 2.91. The van der Waals surface area contributed by atoms with E-state index in [-0.39, 0.29) is 16.9 Å². The van der Waals surface area contributed by atoms with Gasteiger partial charge in [0.1, 0.15) is 0 Å². The van der Waals surface area contributed by atoms with E-state index in [9.17, 15) is 9.59 Å². The first-order valence-corrected chi connectivity index (χ1v) is 11.7. The fourth-order valence-corrected chi connectivity index (χ4v) is 6.95. The summed E-state index contributed by atoms with van der Waals surface area (Å²) in [5.41, 5.74) is 1.05. The molecular weight excluding hydrogens is 382 g/mol. The van der Waals surface area contributed by atoms with Gasteiger partial charge in [0.15, 0.2) is 5.82 Å². The highest BCUT2D eigenvalue weighted by molar-refractivity contribution is 5.83. The standard InChI is InChI=1S/C23H33N3O4/c1-3-29-21(30-4-2)19-24-18-5-6-26(13-17(18)20(27)25-19)22(28)23-10-14-7-15(11-23)9-16(8-14)12-23/h14-16,21H,3-13H2,1-2H3,(H,24,25,27). The molecule has 6 rings (SSSR count). The first-order valence-electron chi connectivity index (χ1n) is 11.7. The largest absolute Gasteiger partial charge is 0.346 e. The molecule has 0 spiro atoms. The summed E-state index contributed by atoms with van der Waals surface area (Å²) in [5, 5.41) is 0. The zero-order valence-corrected chi connectivity index (χ0v) is 18.1. The minimum absolute atomic E-state index is 0.165. The van der Waals surface area contributed by atoms with Crippen molar-refractivity contribution in [2.24, 2.45) is 23.2 Å². The van der Waals surface area contributed by atoms with Gasteiger partial charge in [-0.25, -0.2) is 4.98 Å². The van der Waals surface area contributed by atoms with Gasteiger partial charge >= 0.3 is 0 Å². The summed E-state index contributed by atoms with van der Waals surface area (Å²) in [4.78, 5) is 36.0. The number of carbonyl (C=O) groups is 1. The van der Waals surface area contributed by atoms with E-state index < -0.39 is 6.29 Å². The molecule has 7 nitrogen and oxygen atoms in total. The van der Waals surface area contributed by atoms with Crippen LogP contribution in [0.4, 0.5) is 0 Å². The van der Waals surface area contributed by atoms with Gasteiger partial charge in [0.25, 0.3) is 5.56 Å². The third-order valence-corrected chi connectivity index (χ3v) is 7.73. The maximum Gasteiger partial charge on any atom is 0.256 e. The van der Waals surface area contributed by atoms with E-state index in [4.69, 9.17) is 9.47 Å². The molecule has 1 amide bonds. The van der Waals surface area contributed by atoms with Crippen LogP contribution in [0.15, 0.2) is 4.79 Å². The van der Waals surface area contributed by atoms with Gasteiger partial charge in [0.05, 0.1) is 23.2 Å². The summed E-state index contributed by atoms with van der Waals surface area (Å²) in [6, 6.07) is 0. The molecule has 4 saturated carbocycles. The molecule has 30 heavy (non-hydrogen) atoms. The number of hydrogen-bond donors (Lipinski definition) is 1. The number of rotatable bonds is 6. The Labute approximate surface area is 177 Å². The zero-order chi connectivity index (χ0) is 20.9. The molecular formula is C23H33N3O4. The fraction of sp³-hybridized carbons (Fsp3) is 0.783. The SMILES string of the molecule is CCOC(OCC)c1nc2c(c(=O)[nH]1)CN(C(=O)C13CC4CC(CC(C4)C1)C3)CC2. The average molecular weight is 416 g/mol. The van der Waals surface area contributed by atoms with E-state index in [1.807, 2.05) is 18.7 Å². The van der Waals surface area contributed by atoms with Crippen LogP contribution in [0.25, 0.3) is 0 Å². The maximum atomic E-state index is 13.7. The van der Waals surface area contributed by atoms with Crippen molar-refractivity contribution >= 4 is 5.91 Å². The van der Waals surface area contributed by atoms with E-state index in [1.165, 1.54) is 19.3 Å². The number of amides is 1. The van der Waals surface area contributed by atoms with Crippen LogP contribution in [0, 0.1) is 23.2 Å².